The molecular formula is C77H82N3NaO9S. The summed E-state index contributed by atoms with van der Waals surface area (Å²) in [4.78, 5) is 5.21. The van der Waals surface area contributed by atoms with Crippen LogP contribution in [0.2, 0.25) is 0 Å². The normalized spacial score (nSPS) is 29.5. The molecule has 0 radical (unpaired) electrons. The summed E-state index contributed by atoms with van der Waals surface area (Å²) in [5, 5.41) is 48.4. The maximum absolute atomic E-state index is 14.4. The Morgan fingerprint density at radius 3 is 2.37 bits per heavy atom. The van der Waals surface area contributed by atoms with Crippen LogP contribution in [0.3, 0.4) is 0 Å². The Morgan fingerprint density at radius 2 is 1.57 bits per heavy atom. The van der Waals surface area contributed by atoms with Crippen molar-refractivity contribution in [3.8, 4) is 23.3 Å². The van der Waals surface area contributed by atoms with Gasteiger partial charge >= 0.3 is 29.6 Å². The topological polar surface area (TPSA) is 221 Å². The standard InChI is InChI=1S/C77H83N3O9S.Na/c1-46-16-17-55-38-62-28-31-65(55)68(46)42-72(90(85,86)87)70-40-58-36-57(39-63-34-48(45-81)11-7-13-53-37-61(82)27-30-67(53)74(58)88-63)73(70)51-22-25-59(26-23-51)77(89-62,80-75(78)79)44-60(33-47-9-3-2-4-10-47)76(84)32-8-14-56(43-76)52-24-29-66-54(35-52)21-20-50-19-18-49-12-5-6-15-64(49)69(50)41-71(66)83;/h2-6,9-10,12,15,18-19,22-31,35,37-38,40,46,48,56-57,60,63,68,70-74,81-84H,8,11,14,16-17,20-21,32-34,36,39,41-45H2,1H3,(H4,78,79,80)(H,85,86,87);/q;+1/p-1. The van der Waals surface area contributed by atoms with Crippen molar-refractivity contribution in [3.05, 3.63) is 224 Å². The van der Waals surface area contributed by atoms with E-state index in [1.165, 1.54) is 21.9 Å². The Labute approximate surface area is 557 Å². The number of aryl methyl sites for hydroxylation is 3. The van der Waals surface area contributed by atoms with Gasteiger partial charge in [-0.15, -0.1) is 0 Å². The van der Waals surface area contributed by atoms with Crippen LogP contribution in [0, 0.1) is 41.4 Å². The van der Waals surface area contributed by atoms with Gasteiger partial charge in [-0.2, -0.15) is 0 Å². The zero-order valence-corrected chi connectivity index (χ0v) is 55.0. The average molecular weight is 1250 g/mol. The van der Waals surface area contributed by atoms with E-state index in [0.29, 0.717) is 74.7 Å². The van der Waals surface area contributed by atoms with Gasteiger partial charge < -0.3 is 45.9 Å². The van der Waals surface area contributed by atoms with E-state index in [0.717, 1.165) is 82.2 Å². The van der Waals surface area contributed by atoms with E-state index in [9.17, 15) is 33.4 Å². The quantitative estimate of drug-likeness (QED) is 0.0199. The maximum Gasteiger partial charge on any atom is 1.00 e. The molecule has 0 aromatic heterocycles. The molecule has 14 heteroatoms. The number of ether oxygens (including phenoxy) is 2. The van der Waals surface area contributed by atoms with Crippen molar-refractivity contribution in [2.45, 2.75) is 162 Å². The minimum Gasteiger partial charge on any atom is -0.748 e. The molecule has 1 saturated heterocycles. The fourth-order valence-corrected chi connectivity index (χ4v) is 18.7. The smallest absolute Gasteiger partial charge is 0.748 e. The van der Waals surface area contributed by atoms with Gasteiger partial charge in [-0.05, 0) is 221 Å². The molecule has 4 aliphatic carbocycles. The summed E-state index contributed by atoms with van der Waals surface area (Å²) in [5.74, 6) is 4.67. The van der Waals surface area contributed by atoms with Crippen LogP contribution in [0.15, 0.2) is 162 Å². The molecule has 0 amide bonds. The summed E-state index contributed by atoms with van der Waals surface area (Å²) < 4.78 is 58.0. The first-order chi connectivity index (χ1) is 43.5. The van der Waals surface area contributed by atoms with Gasteiger partial charge in [-0.25, -0.2) is 13.4 Å². The molecular weight excluding hydrogens is 1170 g/mol. The summed E-state index contributed by atoms with van der Waals surface area (Å²) >= 11 is 0. The number of phenols is 1. The van der Waals surface area contributed by atoms with Crippen LogP contribution < -0.4 is 45.8 Å². The van der Waals surface area contributed by atoms with Crippen molar-refractivity contribution in [2.75, 3.05) is 6.61 Å². The number of aliphatic imine (C=N–C) groups is 1. The minimum absolute atomic E-state index is 0. The summed E-state index contributed by atoms with van der Waals surface area (Å²) in [6, 6.07) is 48.9. The van der Waals surface area contributed by atoms with E-state index >= 15 is 0 Å². The van der Waals surface area contributed by atoms with Crippen molar-refractivity contribution in [1.29, 1.82) is 0 Å². The predicted molar refractivity (Wildman–Crippen MR) is 350 cm³/mol. The van der Waals surface area contributed by atoms with Crippen LogP contribution in [-0.4, -0.2) is 62.9 Å². The van der Waals surface area contributed by atoms with Crippen LogP contribution in [0.1, 0.15) is 174 Å². The Hall–Kier alpha value is -6.28. The molecule has 9 aliphatic rings. The molecule has 1 saturated carbocycles. The molecule has 10 bridgehead atoms. The van der Waals surface area contributed by atoms with Crippen molar-refractivity contribution in [1.82, 2.24) is 0 Å². The second-order valence-electron chi connectivity index (χ2n) is 27.6. The van der Waals surface area contributed by atoms with Gasteiger partial charge in [0.1, 0.15) is 17.6 Å². The van der Waals surface area contributed by atoms with Gasteiger partial charge in [0.2, 0.25) is 5.72 Å². The van der Waals surface area contributed by atoms with E-state index in [1.54, 1.807) is 12.1 Å². The maximum atomic E-state index is 14.4. The van der Waals surface area contributed by atoms with Gasteiger partial charge in [0.05, 0.1) is 33.2 Å². The van der Waals surface area contributed by atoms with E-state index in [1.807, 2.05) is 72.8 Å². The Bertz CT molecular complexity index is 4110. The molecule has 8 N–H and O–H groups in total. The summed E-state index contributed by atoms with van der Waals surface area (Å²) in [6.07, 6.45) is 9.55. The average Bonchev–Trinajstić information content (AvgIpc) is 1.75. The number of aliphatic hydroxyl groups excluding tert-OH is 2. The first-order valence-corrected chi connectivity index (χ1v) is 34.3. The Kier molecular flexibility index (Phi) is 18.1. The molecule has 12 nitrogen and oxygen atoms in total. The SMILES string of the molecule is CC1CCc2cc3ccc2C1CC(S(=O)(=O)[O-])C1C=C2CC(CC4CC(CO)CC#Cc5cc(O)ccc5C2O4)C1c1ccc(cc1)C(CC(Cc1ccccc1)C1(O)CCCC(c2ccc4c(c2)CCc2ccc5ccccc5c2CC4O)C1)(N=C(N)N)O3.[Na+]. The van der Waals surface area contributed by atoms with Gasteiger partial charge in [-0.1, -0.05) is 146 Å². The van der Waals surface area contributed by atoms with Crippen molar-refractivity contribution in [3.63, 3.8) is 0 Å². The number of hydrogen-bond acceptors (Lipinski definition) is 10. The number of hydrogen-bond donors (Lipinski definition) is 6. The molecule has 2 fully saturated rings. The van der Waals surface area contributed by atoms with E-state index in [2.05, 4.69) is 85.5 Å². The molecule has 5 heterocycles. The number of phenolic OH excluding ortho intramolecular Hbond substituents is 1. The first-order valence-electron chi connectivity index (χ1n) is 32.8. The molecule has 14 unspecified atom stereocenters. The number of guanidine groups is 1. The van der Waals surface area contributed by atoms with Crippen molar-refractivity contribution < 1.29 is 72.4 Å². The van der Waals surface area contributed by atoms with Crippen molar-refractivity contribution in [2.24, 2.45) is 46.0 Å². The van der Waals surface area contributed by atoms with Crippen LogP contribution in [0.25, 0.3) is 10.8 Å². The van der Waals surface area contributed by atoms with Crippen molar-refractivity contribution >= 4 is 26.9 Å². The molecule has 14 atom stereocenters. The zero-order valence-electron chi connectivity index (χ0n) is 52.2. The number of nitrogens with zero attached hydrogens (tertiary/aromatic N) is 1. The van der Waals surface area contributed by atoms with E-state index in [4.69, 9.17) is 25.9 Å². The number of benzene rings is 7. The van der Waals surface area contributed by atoms with Gasteiger partial charge in [0, 0.05) is 42.6 Å². The fraction of sp³-hybridized carbons (Fsp3) is 0.416. The predicted octanol–water partition coefficient (Wildman–Crippen LogP) is 9.68. The number of allylic oxidation sites excluding steroid dienone is 1. The monoisotopic (exact) mass is 1250 g/mol. The first kappa shape index (κ1) is 63.5. The van der Waals surface area contributed by atoms with E-state index < -0.39 is 56.7 Å². The number of aliphatic hydroxyl groups is 3. The zero-order chi connectivity index (χ0) is 62.1. The third kappa shape index (κ3) is 12.7. The molecule has 16 rings (SSSR count). The van der Waals surface area contributed by atoms with Gasteiger partial charge in [0.25, 0.3) is 0 Å². The molecule has 91 heavy (non-hydrogen) atoms. The summed E-state index contributed by atoms with van der Waals surface area (Å²) in [6.45, 7) is 2.07. The fourth-order valence-electron chi connectivity index (χ4n) is 17.7. The largest absolute Gasteiger partial charge is 1.00 e. The summed E-state index contributed by atoms with van der Waals surface area (Å²) in [7, 11) is -4.97. The van der Waals surface area contributed by atoms with Gasteiger partial charge in [0.15, 0.2) is 5.96 Å². The molecule has 7 aromatic rings. The molecule has 7 aromatic carbocycles. The third-order valence-electron chi connectivity index (χ3n) is 22.1. The molecule has 5 aliphatic heterocycles. The summed E-state index contributed by atoms with van der Waals surface area (Å²) in [5.41, 5.74) is 23.0. The second kappa shape index (κ2) is 25.9. The number of rotatable bonds is 9. The van der Waals surface area contributed by atoms with Crippen LogP contribution in [0.5, 0.6) is 11.5 Å². The third-order valence-corrected chi connectivity index (χ3v) is 23.4. The van der Waals surface area contributed by atoms with Crippen LogP contribution >= 0.6 is 0 Å². The molecule has 0 spiro atoms. The Morgan fingerprint density at radius 1 is 0.813 bits per heavy atom. The minimum atomic E-state index is -4.97. The number of aromatic hydroxyl groups is 1. The van der Waals surface area contributed by atoms with E-state index in [-0.39, 0.29) is 96.4 Å². The Balaban J connectivity index is 0.00000758. The van der Waals surface area contributed by atoms with Crippen LogP contribution in [0.4, 0.5) is 0 Å². The van der Waals surface area contributed by atoms with Crippen LogP contribution in [-0.2, 0) is 52.7 Å². The number of fused-ring (bicyclic) bond motifs is 13. The molecule has 466 valence electrons. The van der Waals surface area contributed by atoms with Gasteiger partial charge in [-0.3, -0.25) is 0 Å². The number of nitrogens with two attached hydrogens (primary N) is 2. The second-order valence-corrected chi connectivity index (χ2v) is 29.2.